The number of hydrogen-bond acceptors (Lipinski definition) is 3. The van der Waals surface area contributed by atoms with Gasteiger partial charge in [0.15, 0.2) is 0 Å². The molecule has 7 heteroatoms. The molecule has 0 spiro atoms. The molecule has 27 heavy (non-hydrogen) atoms. The number of benzene rings is 2. The lowest BCUT2D eigenvalue weighted by Crippen LogP contribution is -2.31. The van der Waals surface area contributed by atoms with Crippen LogP contribution in [-0.2, 0) is 21.4 Å². The van der Waals surface area contributed by atoms with Gasteiger partial charge in [-0.3, -0.25) is 4.79 Å². The maximum Gasteiger partial charge on any atom is 0.238 e. The number of primary sulfonamides is 1. The van der Waals surface area contributed by atoms with Crippen LogP contribution in [0.25, 0.3) is 11.1 Å². The second-order valence-electron chi connectivity index (χ2n) is 7.04. The summed E-state index contributed by atoms with van der Waals surface area (Å²) in [7, 11) is -2.10. The van der Waals surface area contributed by atoms with E-state index in [0.29, 0.717) is 31.4 Å². The third-order valence-corrected chi connectivity index (χ3v) is 5.94. The molecule has 0 aromatic heterocycles. The highest BCUT2D eigenvalue weighted by atomic mass is 32.2. The lowest BCUT2D eigenvalue weighted by molar-refractivity contribution is -0.134. The van der Waals surface area contributed by atoms with Crippen molar-refractivity contribution in [1.29, 1.82) is 0 Å². The van der Waals surface area contributed by atoms with Crippen LogP contribution in [0.3, 0.4) is 0 Å². The molecule has 2 atom stereocenters. The van der Waals surface area contributed by atoms with E-state index in [1.165, 1.54) is 6.07 Å². The summed E-state index contributed by atoms with van der Waals surface area (Å²) in [5, 5.41) is 5.29. The molecule has 0 radical (unpaired) electrons. The molecule has 2 N–H and O–H groups in total. The second kappa shape index (κ2) is 7.78. The Morgan fingerprint density at radius 3 is 2.41 bits per heavy atom. The zero-order valence-electron chi connectivity index (χ0n) is 15.1. The van der Waals surface area contributed by atoms with Gasteiger partial charge in [0.1, 0.15) is 6.17 Å². The van der Waals surface area contributed by atoms with Crippen LogP contribution < -0.4 is 5.14 Å². The Balaban J connectivity index is 1.74. The van der Waals surface area contributed by atoms with Crippen molar-refractivity contribution in [2.45, 2.75) is 36.9 Å². The average Bonchev–Trinajstić information content (AvgIpc) is 3.07. The van der Waals surface area contributed by atoms with Crippen LogP contribution in [0.4, 0.5) is 4.39 Å². The first-order valence-corrected chi connectivity index (χ1v) is 10.4. The largest absolute Gasteiger partial charge is 0.341 e. The first-order chi connectivity index (χ1) is 12.8. The number of nitrogens with two attached hydrogens (primary N) is 1. The number of alkyl halides is 1. The van der Waals surface area contributed by atoms with E-state index in [1.807, 2.05) is 24.3 Å². The van der Waals surface area contributed by atoms with Crippen molar-refractivity contribution in [3.8, 4) is 11.1 Å². The predicted octanol–water partition coefficient (Wildman–Crippen LogP) is 3.10. The van der Waals surface area contributed by atoms with Gasteiger partial charge in [0.2, 0.25) is 15.9 Å². The van der Waals surface area contributed by atoms with E-state index in [4.69, 9.17) is 5.14 Å². The Bertz CT molecular complexity index is 928. The van der Waals surface area contributed by atoms with Crippen LogP contribution in [0.15, 0.2) is 53.4 Å². The number of rotatable bonds is 5. The second-order valence-corrected chi connectivity index (χ2v) is 8.57. The van der Waals surface area contributed by atoms with E-state index < -0.39 is 16.2 Å². The maximum atomic E-state index is 13.3. The Morgan fingerprint density at radius 1 is 1.15 bits per heavy atom. The van der Waals surface area contributed by atoms with Gasteiger partial charge in [0.05, 0.1) is 4.90 Å². The third kappa shape index (κ3) is 4.54. The highest BCUT2D eigenvalue weighted by Crippen LogP contribution is 2.30. The summed E-state index contributed by atoms with van der Waals surface area (Å²) in [6, 6.07) is 13.9. The summed E-state index contributed by atoms with van der Waals surface area (Å²) in [5.41, 5.74) is 2.18. The fourth-order valence-corrected chi connectivity index (χ4v) is 4.32. The van der Waals surface area contributed by atoms with Crippen molar-refractivity contribution >= 4 is 15.9 Å². The molecular weight excluding hydrogens is 367 g/mol. The normalized spacial score (nSPS) is 19.8. The fraction of sp³-hybridized carbons (Fsp3) is 0.350. The monoisotopic (exact) mass is 390 g/mol. The van der Waals surface area contributed by atoms with Crippen LogP contribution in [0.5, 0.6) is 0 Å². The zero-order valence-corrected chi connectivity index (χ0v) is 16.0. The number of sulfonamides is 1. The lowest BCUT2D eigenvalue weighted by atomic mass is 10.0. The minimum absolute atomic E-state index is 0.0289. The quantitative estimate of drug-likeness (QED) is 0.852. The standard InChI is InChI=1S/C20H23FN2O3S/c1-23(20(24)16-10-11-17(21)12-16)13-14-6-8-15(9-7-14)18-4-2-3-5-19(18)27(22,25)26/h2-9,16-17H,10-13H2,1H3,(H2,22,25,26)/t16-,17?/m0/s1. The van der Waals surface area contributed by atoms with Gasteiger partial charge in [0, 0.05) is 25.1 Å². The van der Waals surface area contributed by atoms with Crippen molar-refractivity contribution in [3.05, 3.63) is 54.1 Å². The first kappa shape index (κ1) is 19.5. The van der Waals surface area contributed by atoms with Gasteiger partial charge in [-0.05, 0) is 36.5 Å². The molecule has 0 saturated heterocycles. The van der Waals surface area contributed by atoms with E-state index in [1.54, 1.807) is 30.1 Å². The van der Waals surface area contributed by atoms with Crippen molar-refractivity contribution in [2.75, 3.05) is 7.05 Å². The van der Waals surface area contributed by atoms with Crippen molar-refractivity contribution in [2.24, 2.45) is 11.1 Å². The molecule has 1 saturated carbocycles. The Morgan fingerprint density at radius 2 is 1.81 bits per heavy atom. The molecular formula is C20H23FN2O3S. The summed E-state index contributed by atoms with van der Waals surface area (Å²) in [5.74, 6) is -0.260. The number of amides is 1. The Kier molecular flexibility index (Phi) is 5.62. The highest BCUT2D eigenvalue weighted by Gasteiger charge is 2.31. The van der Waals surface area contributed by atoms with Crippen LogP contribution in [0.1, 0.15) is 24.8 Å². The topological polar surface area (TPSA) is 80.5 Å². The number of halogens is 1. The molecule has 144 valence electrons. The minimum atomic E-state index is -3.82. The van der Waals surface area contributed by atoms with Crippen LogP contribution in [-0.4, -0.2) is 32.4 Å². The van der Waals surface area contributed by atoms with Crippen molar-refractivity contribution in [1.82, 2.24) is 4.90 Å². The number of carbonyl (C=O) groups is 1. The van der Waals surface area contributed by atoms with Gasteiger partial charge >= 0.3 is 0 Å². The first-order valence-electron chi connectivity index (χ1n) is 8.86. The summed E-state index contributed by atoms with van der Waals surface area (Å²) < 4.78 is 36.9. The van der Waals surface area contributed by atoms with Crippen molar-refractivity contribution in [3.63, 3.8) is 0 Å². The van der Waals surface area contributed by atoms with E-state index >= 15 is 0 Å². The van der Waals surface area contributed by atoms with Crippen LogP contribution >= 0.6 is 0 Å². The highest BCUT2D eigenvalue weighted by molar-refractivity contribution is 7.89. The molecule has 1 aliphatic rings. The van der Waals surface area contributed by atoms with Crippen LogP contribution in [0.2, 0.25) is 0 Å². The molecule has 2 aromatic rings. The molecule has 1 aliphatic carbocycles. The molecule has 3 rings (SSSR count). The predicted molar refractivity (Wildman–Crippen MR) is 102 cm³/mol. The molecule has 0 aliphatic heterocycles. The molecule has 1 fully saturated rings. The molecule has 1 amide bonds. The summed E-state index contributed by atoms with van der Waals surface area (Å²) in [6.07, 6.45) is 0.508. The summed E-state index contributed by atoms with van der Waals surface area (Å²) in [4.78, 5) is 14.1. The molecule has 2 aromatic carbocycles. The van der Waals surface area contributed by atoms with Gasteiger partial charge in [-0.1, -0.05) is 42.5 Å². The third-order valence-electron chi connectivity index (χ3n) is 4.97. The average molecular weight is 390 g/mol. The zero-order chi connectivity index (χ0) is 19.6. The minimum Gasteiger partial charge on any atom is -0.341 e. The van der Waals surface area contributed by atoms with Gasteiger partial charge in [-0.25, -0.2) is 17.9 Å². The van der Waals surface area contributed by atoms with Crippen LogP contribution in [0, 0.1) is 5.92 Å². The SMILES string of the molecule is CN(Cc1ccc(-c2ccccc2S(N)(=O)=O)cc1)C(=O)[C@H]1CCC(F)C1. The summed E-state index contributed by atoms with van der Waals surface area (Å²) >= 11 is 0. The Hall–Kier alpha value is -2.25. The molecule has 5 nitrogen and oxygen atoms in total. The fourth-order valence-electron chi connectivity index (χ4n) is 3.56. The smallest absolute Gasteiger partial charge is 0.238 e. The van der Waals surface area contributed by atoms with E-state index in [-0.39, 0.29) is 16.7 Å². The summed E-state index contributed by atoms with van der Waals surface area (Å²) in [6.45, 7) is 0.420. The van der Waals surface area contributed by atoms with E-state index in [2.05, 4.69) is 0 Å². The molecule has 1 unspecified atom stereocenters. The maximum absolute atomic E-state index is 13.3. The van der Waals surface area contributed by atoms with Crippen molar-refractivity contribution < 1.29 is 17.6 Å². The van der Waals surface area contributed by atoms with Gasteiger partial charge in [-0.15, -0.1) is 0 Å². The number of hydrogen-bond donors (Lipinski definition) is 1. The lowest BCUT2D eigenvalue weighted by Gasteiger charge is -2.21. The van der Waals surface area contributed by atoms with Gasteiger partial charge < -0.3 is 4.90 Å². The number of carbonyl (C=O) groups excluding carboxylic acids is 1. The number of nitrogens with zero attached hydrogens (tertiary/aromatic N) is 1. The molecule has 0 heterocycles. The molecule has 0 bridgehead atoms. The van der Waals surface area contributed by atoms with E-state index in [0.717, 1.165) is 11.1 Å². The van der Waals surface area contributed by atoms with Gasteiger partial charge in [-0.2, -0.15) is 0 Å². The van der Waals surface area contributed by atoms with Gasteiger partial charge in [0.25, 0.3) is 0 Å². The Labute approximate surface area is 159 Å². The van der Waals surface area contributed by atoms with E-state index in [9.17, 15) is 17.6 Å².